The van der Waals surface area contributed by atoms with Crippen LogP contribution in [0.25, 0.3) is 0 Å². The second-order valence-corrected chi connectivity index (χ2v) is 4.42. The molecule has 0 fully saturated rings. The monoisotopic (exact) mass is 282 g/mol. The zero-order valence-corrected chi connectivity index (χ0v) is 12.6. The maximum atomic E-state index is 11.2. The second kappa shape index (κ2) is 13.8. The molecule has 114 valence electrons. The highest BCUT2D eigenvalue weighted by Crippen LogP contribution is 1.96. The minimum absolute atomic E-state index is 0.0888. The molecule has 0 bridgehead atoms. The molecule has 0 atom stereocenters. The number of esters is 2. The first kappa shape index (κ1) is 18.4. The summed E-state index contributed by atoms with van der Waals surface area (Å²) < 4.78 is 9.78. The van der Waals surface area contributed by atoms with Gasteiger partial charge in [-0.3, -0.25) is 0 Å². The Kier molecular flexibility index (Phi) is 12.7. The van der Waals surface area contributed by atoms with Gasteiger partial charge in [0.15, 0.2) is 0 Å². The second-order valence-electron chi connectivity index (χ2n) is 4.42. The zero-order valence-electron chi connectivity index (χ0n) is 12.6. The third-order valence-electron chi connectivity index (χ3n) is 2.53. The van der Waals surface area contributed by atoms with Crippen molar-refractivity contribution in [3.05, 3.63) is 24.3 Å². The van der Waals surface area contributed by atoms with Gasteiger partial charge in [0, 0.05) is 12.2 Å². The molecule has 0 spiro atoms. The van der Waals surface area contributed by atoms with Crippen molar-refractivity contribution in [3.8, 4) is 0 Å². The van der Waals surface area contributed by atoms with Crippen molar-refractivity contribution in [1.82, 2.24) is 0 Å². The number of hydrogen-bond donors (Lipinski definition) is 0. The van der Waals surface area contributed by atoms with E-state index in [-0.39, 0.29) is 13.2 Å². The van der Waals surface area contributed by atoms with E-state index in [1.165, 1.54) is 12.2 Å². The Morgan fingerprint density at radius 1 is 0.800 bits per heavy atom. The molecule has 0 aromatic carbocycles. The Hall–Kier alpha value is -1.58. The van der Waals surface area contributed by atoms with Crippen LogP contribution in [0.5, 0.6) is 0 Å². The molecule has 0 aromatic heterocycles. The van der Waals surface area contributed by atoms with Gasteiger partial charge in [0.25, 0.3) is 0 Å². The van der Waals surface area contributed by atoms with Crippen molar-refractivity contribution in [2.75, 3.05) is 13.2 Å². The highest BCUT2D eigenvalue weighted by Gasteiger charge is 1.99. The van der Waals surface area contributed by atoms with Gasteiger partial charge in [0.2, 0.25) is 0 Å². The number of rotatable bonds is 11. The Morgan fingerprint density at radius 3 is 1.55 bits per heavy atom. The van der Waals surface area contributed by atoms with Gasteiger partial charge in [0.05, 0.1) is 0 Å². The normalized spacial score (nSPS) is 11.1. The van der Waals surface area contributed by atoms with Gasteiger partial charge in [-0.15, -0.1) is 0 Å². The van der Waals surface area contributed by atoms with Crippen LogP contribution in [0, 0.1) is 0 Å². The number of allylic oxidation sites excluding steroid dienone is 2. The van der Waals surface area contributed by atoms with E-state index in [2.05, 4.69) is 13.8 Å². The molecular weight excluding hydrogens is 256 g/mol. The lowest BCUT2D eigenvalue weighted by atomic mass is 10.2. The Morgan fingerprint density at radius 2 is 1.20 bits per heavy atom. The van der Waals surface area contributed by atoms with Gasteiger partial charge in [-0.05, 0) is 12.8 Å². The van der Waals surface area contributed by atoms with Crippen molar-refractivity contribution in [1.29, 1.82) is 0 Å². The minimum atomic E-state index is -0.393. The predicted molar refractivity (Wildman–Crippen MR) is 79.2 cm³/mol. The fraction of sp³-hybridized carbons (Fsp3) is 0.625. The van der Waals surface area contributed by atoms with Crippen LogP contribution < -0.4 is 0 Å². The fourth-order valence-corrected chi connectivity index (χ4v) is 1.38. The summed E-state index contributed by atoms with van der Waals surface area (Å²) in [7, 11) is 0. The zero-order chi connectivity index (χ0) is 15.1. The molecule has 0 aliphatic carbocycles. The number of unbranched alkanes of at least 4 members (excludes halogenated alkanes) is 4. The molecule has 0 saturated carbocycles. The quantitative estimate of drug-likeness (QED) is 0.330. The van der Waals surface area contributed by atoms with Crippen molar-refractivity contribution in [2.45, 2.75) is 52.4 Å². The van der Waals surface area contributed by atoms with Crippen molar-refractivity contribution in [3.63, 3.8) is 0 Å². The summed E-state index contributed by atoms with van der Waals surface area (Å²) in [6, 6.07) is 0. The smallest absolute Gasteiger partial charge is 0.330 e. The number of carbonyl (C=O) groups is 2. The summed E-state index contributed by atoms with van der Waals surface area (Å²) in [5, 5.41) is 0. The lowest BCUT2D eigenvalue weighted by Gasteiger charge is -2.02. The standard InChI is InChI=1S/C16H26O4/c1-3-5-7-9-11-15(17)19-13-14-20-16(18)12-10-8-6-4-2/h9-12H,3-8,13-14H2,1-2H3. The molecule has 0 saturated heterocycles. The molecule has 0 rings (SSSR count). The summed E-state index contributed by atoms with van der Waals surface area (Å²) in [6.07, 6.45) is 12.5. The first-order chi connectivity index (χ1) is 9.70. The molecule has 0 radical (unpaired) electrons. The summed E-state index contributed by atoms with van der Waals surface area (Å²) in [6.45, 7) is 4.37. The lowest BCUT2D eigenvalue weighted by Crippen LogP contribution is -2.11. The molecule has 0 aromatic rings. The van der Waals surface area contributed by atoms with E-state index in [1.54, 1.807) is 12.2 Å². The average Bonchev–Trinajstić information content (AvgIpc) is 2.44. The van der Waals surface area contributed by atoms with Crippen LogP contribution in [0.3, 0.4) is 0 Å². The molecular formula is C16H26O4. The third-order valence-corrected chi connectivity index (χ3v) is 2.53. The maximum absolute atomic E-state index is 11.2. The van der Waals surface area contributed by atoms with Crippen LogP contribution in [0.4, 0.5) is 0 Å². The van der Waals surface area contributed by atoms with E-state index in [0.29, 0.717) is 0 Å². The third kappa shape index (κ3) is 12.9. The number of hydrogen-bond acceptors (Lipinski definition) is 4. The van der Waals surface area contributed by atoms with Crippen molar-refractivity contribution in [2.24, 2.45) is 0 Å². The van der Waals surface area contributed by atoms with Crippen LogP contribution in [0.2, 0.25) is 0 Å². The topological polar surface area (TPSA) is 52.6 Å². The van der Waals surface area contributed by atoms with Crippen LogP contribution >= 0.6 is 0 Å². The highest BCUT2D eigenvalue weighted by atomic mass is 16.6. The highest BCUT2D eigenvalue weighted by molar-refractivity contribution is 5.82. The van der Waals surface area contributed by atoms with E-state index in [4.69, 9.17) is 9.47 Å². The maximum Gasteiger partial charge on any atom is 0.330 e. The largest absolute Gasteiger partial charge is 0.459 e. The first-order valence-electron chi connectivity index (χ1n) is 7.37. The van der Waals surface area contributed by atoms with E-state index in [0.717, 1.165) is 38.5 Å². The summed E-state index contributed by atoms with van der Waals surface area (Å²) >= 11 is 0. The van der Waals surface area contributed by atoms with Gasteiger partial charge in [-0.2, -0.15) is 0 Å². The SMILES string of the molecule is CCCCC=CC(=O)OCCOC(=O)C=CCCCC. The molecule has 0 amide bonds. The van der Waals surface area contributed by atoms with Crippen LogP contribution in [0.1, 0.15) is 52.4 Å². The molecule has 4 heteroatoms. The summed E-state index contributed by atoms with van der Waals surface area (Å²) in [4.78, 5) is 22.5. The fourth-order valence-electron chi connectivity index (χ4n) is 1.38. The summed E-state index contributed by atoms with van der Waals surface area (Å²) in [5.74, 6) is -0.786. The van der Waals surface area contributed by atoms with Crippen LogP contribution in [-0.2, 0) is 19.1 Å². The van der Waals surface area contributed by atoms with Gasteiger partial charge >= 0.3 is 11.9 Å². The molecule has 0 heterocycles. The van der Waals surface area contributed by atoms with E-state index in [1.807, 2.05) is 0 Å². The predicted octanol–water partition coefficient (Wildman–Crippen LogP) is 3.57. The van der Waals surface area contributed by atoms with Gasteiger partial charge in [-0.25, -0.2) is 9.59 Å². The summed E-state index contributed by atoms with van der Waals surface area (Å²) in [5.41, 5.74) is 0. The Bertz CT molecular complexity index is 286. The lowest BCUT2D eigenvalue weighted by molar-refractivity contribution is -0.146. The number of carbonyl (C=O) groups excluding carboxylic acids is 2. The molecule has 4 nitrogen and oxygen atoms in total. The van der Waals surface area contributed by atoms with E-state index < -0.39 is 11.9 Å². The average molecular weight is 282 g/mol. The molecule has 0 N–H and O–H groups in total. The molecule has 0 aliphatic heterocycles. The van der Waals surface area contributed by atoms with Gasteiger partial charge in [0.1, 0.15) is 13.2 Å². The molecule has 0 aliphatic rings. The van der Waals surface area contributed by atoms with Gasteiger partial charge < -0.3 is 9.47 Å². The molecule has 20 heavy (non-hydrogen) atoms. The molecule has 0 unspecified atom stereocenters. The van der Waals surface area contributed by atoms with Gasteiger partial charge in [-0.1, -0.05) is 51.7 Å². The van der Waals surface area contributed by atoms with Crippen molar-refractivity contribution < 1.29 is 19.1 Å². The van der Waals surface area contributed by atoms with E-state index >= 15 is 0 Å². The van der Waals surface area contributed by atoms with E-state index in [9.17, 15) is 9.59 Å². The Labute approximate surface area is 121 Å². The van der Waals surface area contributed by atoms with Crippen LogP contribution in [0.15, 0.2) is 24.3 Å². The minimum Gasteiger partial charge on any atom is -0.459 e. The number of ether oxygens (including phenoxy) is 2. The van der Waals surface area contributed by atoms with Crippen LogP contribution in [-0.4, -0.2) is 25.2 Å². The Balaban J connectivity index is 3.55. The van der Waals surface area contributed by atoms with Crippen molar-refractivity contribution >= 4 is 11.9 Å². The first-order valence-corrected chi connectivity index (χ1v) is 7.37.